The van der Waals surface area contributed by atoms with Gasteiger partial charge in [0.2, 0.25) is 5.91 Å². The number of hydrogen-bond donors (Lipinski definition) is 2. The Hall–Kier alpha value is -2.48. The highest BCUT2D eigenvalue weighted by molar-refractivity contribution is 7.09. The van der Waals surface area contributed by atoms with E-state index in [1.807, 2.05) is 31.2 Å². The summed E-state index contributed by atoms with van der Waals surface area (Å²) in [6.45, 7) is 1.10. The predicted molar refractivity (Wildman–Crippen MR) is 86.9 cm³/mol. The molecule has 0 saturated heterocycles. The number of halogens is 1. The van der Waals surface area contributed by atoms with E-state index in [4.69, 9.17) is 9.84 Å². The summed E-state index contributed by atoms with van der Waals surface area (Å²) >= 11 is 1.34. The zero-order valence-electron chi connectivity index (χ0n) is 13.0. The number of carbonyl (C=O) groups is 2. The molecule has 128 valence electrons. The van der Waals surface area contributed by atoms with Crippen LogP contribution in [0.2, 0.25) is 0 Å². The zero-order valence-corrected chi connectivity index (χ0v) is 13.8. The number of aliphatic carboxylic acids is 1. The van der Waals surface area contributed by atoms with E-state index in [2.05, 4.69) is 10.3 Å². The number of hydrogen-bond acceptors (Lipinski definition) is 5. The van der Waals surface area contributed by atoms with Crippen LogP contribution in [0, 0.1) is 6.92 Å². The first-order valence-electron chi connectivity index (χ1n) is 7.19. The van der Waals surface area contributed by atoms with E-state index in [9.17, 15) is 14.0 Å². The summed E-state index contributed by atoms with van der Waals surface area (Å²) < 4.78 is 18.1. The maximum Gasteiger partial charge on any atom is 0.328 e. The molecule has 0 fully saturated rings. The van der Waals surface area contributed by atoms with Gasteiger partial charge in [0.05, 0.1) is 12.1 Å². The summed E-state index contributed by atoms with van der Waals surface area (Å²) in [6.07, 6.45) is -0.106. The molecule has 0 spiro atoms. The van der Waals surface area contributed by atoms with Crippen molar-refractivity contribution in [1.29, 1.82) is 0 Å². The largest absolute Gasteiger partial charge is 0.486 e. The lowest BCUT2D eigenvalue weighted by Crippen LogP contribution is -2.43. The van der Waals surface area contributed by atoms with E-state index >= 15 is 0 Å². The molecule has 1 amide bonds. The number of alkyl halides is 1. The minimum absolute atomic E-state index is 0.106. The molecular formula is C16H17FN2O4S. The molecule has 0 aliphatic heterocycles. The Balaban J connectivity index is 1.85. The third-order valence-electron chi connectivity index (χ3n) is 3.11. The third-order valence-corrected chi connectivity index (χ3v) is 3.98. The molecule has 2 aromatic rings. The van der Waals surface area contributed by atoms with Crippen molar-refractivity contribution in [2.24, 2.45) is 0 Å². The van der Waals surface area contributed by atoms with Crippen LogP contribution in [0.3, 0.4) is 0 Å². The molecule has 0 aliphatic rings. The summed E-state index contributed by atoms with van der Waals surface area (Å²) in [7, 11) is 0. The van der Waals surface area contributed by atoms with Crippen molar-refractivity contribution in [3.63, 3.8) is 0 Å². The fourth-order valence-electron chi connectivity index (χ4n) is 1.85. The number of thiazole rings is 1. The van der Waals surface area contributed by atoms with Crippen molar-refractivity contribution in [2.45, 2.75) is 26.0 Å². The first-order chi connectivity index (χ1) is 11.5. The summed E-state index contributed by atoms with van der Waals surface area (Å²) in [6, 6.07) is 6.08. The quantitative estimate of drug-likeness (QED) is 0.760. The van der Waals surface area contributed by atoms with Crippen LogP contribution in [0.5, 0.6) is 5.75 Å². The second-order valence-corrected chi connectivity index (χ2v) is 6.07. The number of nitrogens with zero attached hydrogens (tertiary/aromatic N) is 1. The van der Waals surface area contributed by atoms with Gasteiger partial charge in [0.1, 0.15) is 24.0 Å². The average molecular weight is 352 g/mol. The number of carboxylic acid groups (broad SMARTS) is 1. The Morgan fingerprint density at radius 2 is 2.08 bits per heavy atom. The molecule has 0 saturated carbocycles. The first kappa shape index (κ1) is 17.9. The van der Waals surface area contributed by atoms with Crippen LogP contribution in [0.15, 0.2) is 29.6 Å². The molecule has 24 heavy (non-hydrogen) atoms. The van der Waals surface area contributed by atoms with Crippen LogP contribution in [-0.4, -0.2) is 34.7 Å². The van der Waals surface area contributed by atoms with Crippen molar-refractivity contribution in [2.75, 3.05) is 6.67 Å². The average Bonchev–Trinajstić information content (AvgIpc) is 2.99. The lowest BCUT2D eigenvalue weighted by Gasteiger charge is -2.09. The van der Waals surface area contributed by atoms with Crippen molar-refractivity contribution in [3.8, 4) is 5.75 Å². The molecule has 0 radical (unpaired) electrons. The maximum atomic E-state index is 12.5. The molecule has 2 rings (SSSR count). The van der Waals surface area contributed by atoms with Crippen molar-refractivity contribution < 1.29 is 23.8 Å². The van der Waals surface area contributed by atoms with Gasteiger partial charge < -0.3 is 15.2 Å². The van der Waals surface area contributed by atoms with Crippen LogP contribution < -0.4 is 10.1 Å². The van der Waals surface area contributed by atoms with Crippen LogP contribution in [0.1, 0.15) is 16.3 Å². The smallest absolute Gasteiger partial charge is 0.328 e. The van der Waals surface area contributed by atoms with E-state index in [-0.39, 0.29) is 13.0 Å². The second kappa shape index (κ2) is 8.39. The van der Waals surface area contributed by atoms with E-state index in [1.165, 1.54) is 11.3 Å². The Bertz CT molecular complexity index is 702. The van der Waals surface area contributed by atoms with Gasteiger partial charge in [0, 0.05) is 5.38 Å². The van der Waals surface area contributed by atoms with Crippen molar-refractivity contribution >= 4 is 23.2 Å². The molecule has 0 bridgehead atoms. The fourth-order valence-corrected chi connectivity index (χ4v) is 2.56. The van der Waals surface area contributed by atoms with E-state index < -0.39 is 24.6 Å². The monoisotopic (exact) mass is 352 g/mol. The molecule has 8 heteroatoms. The van der Waals surface area contributed by atoms with Gasteiger partial charge >= 0.3 is 5.97 Å². The van der Waals surface area contributed by atoms with Crippen LogP contribution in [0.25, 0.3) is 0 Å². The highest BCUT2D eigenvalue weighted by Gasteiger charge is 2.20. The highest BCUT2D eigenvalue weighted by Crippen LogP contribution is 2.16. The van der Waals surface area contributed by atoms with Gasteiger partial charge in [-0.3, -0.25) is 4.79 Å². The van der Waals surface area contributed by atoms with Crippen molar-refractivity contribution in [1.82, 2.24) is 10.3 Å². The normalized spacial score (nSPS) is 11.8. The summed E-state index contributed by atoms with van der Waals surface area (Å²) in [5.74, 6) is -1.27. The topological polar surface area (TPSA) is 88.5 Å². The number of benzene rings is 1. The summed E-state index contributed by atoms with van der Waals surface area (Å²) in [5.41, 5.74) is 1.63. The summed E-state index contributed by atoms with van der Waals surface area (Å²) in [4.78, 5) is 26.6. The number of rotatable bonds is 8. The Kier molecular flexibility index (Phi) is 6.25. The van der Waals surface area contributed by atoms with Crippen LogP contribution in [-0.2, 0) is 22.6 Å². The highest BCUT2D eigenvalue weighted by atomic mass is 32.1. The number of aryl methyl sites for hydroxylation is 1. The number of carboxylic acids is 1. The van der Waals surface area contributed by atoms with Gasteiger partial charge in [-0.05, 0) is 19.1 Å². The molecule has 2 N–H and O–H groups in total. The van der Waals surface area contributed by atoms with Gasteiger partial charge in [0.15, 0.2) is 6.04 Å². The van der Waals surface area contributed by atoms with E-state index in [0.29, 0.717) is 10.7 Å². The lowest BCUT2D eigenvalue weighted by atomic mass is 10.2. The zero-order chi connectivity index (χ0) is 17.5. The van der Waals surface area contributed by atoms with Crippen molar-refractivity contribution in [3.05, 3.63) is 45.9 Å². The SMILES string of the molecule is Cc1ccc(OCc2nc(CC(=O)NC(CF)C(=O)O)cs2)cc1. The molecule has 1 aromatic heterocycles. The Morgan fingerprint density at radius 1 is 1.38 bits per heavy atom. The van der Waals surface area contributed by atoms with Gasteiger partial charge in [-0.15, -0.1) is 11.3 Å². The predicted octanol–water partition coefficient (Wildman–Crippen LogP) is 2.11. The van der Waals surface area contributed by atoms with Gasteiger partial charge in [0.25, 0.3) is 0 Å². The number of aromatic nitrogens is 1. The van der Waals surface area contributed by atoms with E-state index in [0.717, 1.165) is 11.3 Å². The van der Waals surface area contributed by atoms with Gasteiger partial charge in [-0.1, -0.05) is 17.7 Å². The number of amides is 1. The van der Waals surface area contributed by atoms with Crippen LogP contribution in [0.4, 0.5) is 4.39 Å². The Labute approximate surface area is 142 Å². The second-order valence-electron chi connectivity index (χ2n) is 5.12. The molecule has 0 aliphatic carbocycles. The lowest BCUT2D eigenvalue weighted by molar-refractivity contribution is -0.142. The molecular weight excluding hydrogens is 335 g/mol. The molecule has 6 nitrogen and oxygen atoms in total. The van der Waals surface area contributed by atoms with Gasteiger partial charge in [-0.2, -0.15) is 0 Å². The number of carbonyl (C=O) groups excluding carboxylic acids is 1. The molecule has 1 aromatic carbocycles. The Morgan fingerprint density at radius 3 is 2.71 bits per heavy atom. The number of nitrogens with one attached hydrogen (secondary N) is 1. The fraction of sp³-hybridized carbons (Fsp3) is 0.312. The standard InChI is InChI=1S/C16H17FN2O4S/c1-10-2-4-12(5-3-10)23-8-15-18-11(9-24-15)6-14(20)19-13(7-17)16(21)22/h2-5,9,13H,6-8H2,1H3,(H,19,20)(H,21,22). The molecule has 1 atom stereocenters. The van der Waals surface area contributed by atoms with Gasteiger partial charge in [-0.25, -0.2) is 14.2 Å². The van der Waals surface area contributed by atoms with Crippen LogP contribution >= 0.6 is 11.3 Å². The third kappa shape index (κ3) is 5.31. The molecule has 1 heterocycles. The molecule has 1 unspecified atom stereocenters. The minimum Gasteiger partial charge on any atom is -0.486 e. The minimum atomic E-state index is -1.53. The first-order valence-corrected chi connectivity index (χ1v) is 8.06. The number of ether oxygens (including phenoxy) is 1. The van der Waals surface area contributed by atoms with E-state index in [1.54, 1.807) is 5.38 Å². The summed E-state index contributed by atoms with van der Waals surface area (Å²) in [5, 5.41) is 13.2. The maximum absolute atomic E-state index is 12.5.